The summed E-state index contributed by atoms with van der Waals surface area (Å²) >= 11 is 1.59. The minimum Gasteiger partial charge on any atom is -0.253 e. The summed E-state index contributed by atoms with van der Waals surface area (Å²) in [6.07, 6.45) is 1.88. The third kappa shape index (κ3) is 4.43. The lowest BCUT2D eigenvalue weighted by molar-refractivity contribution is 0.836. The Balaban J connectivity index is 2.06. The van der Waals surface area contributed by atoms with Crippen LogP contribution in [0.25, 0.3) is 11.3 Å². The van der Waals surface area contributed by atoms with E-state index < -0.39 is 0 Å². The van der Waals surface area contributed by atoms with Gasteiger partial charge in [0.25, 0.3) is 0 Å². The Hall–Kier alpha value is -2.72. The van der Waals surface area contributed by atoms with E-state index in [9.17, 15) is 0 Å². The standard InChI is InChI=1S/C21H21N3S/c1-16(2)13-22-21-24(23-14-18-9-7-8-17(3)12-18)20(15-25-21)19-10-5-4-6-11-19/h4-12,14-15H,1,13H2,2-3H3. The van der Waals surface area contributed by atoms with Crippen molar-refractivity contribution in [2.24, 2.45) is 10.1 Å². The van der Waals surface area contributed by atoms with Crippen LogP contribution in [0, 0.1) is 6.92 Å². The highest BCUT2D eigenvalue weighted by Gasteiger charge is 2.06. The van der Waals surface area contributed by atoms with E-state index in [0.29, 0.717) is 6.54 Å². The highest BCUT2D eigenvalue weighted by Crippen LogP contribution is 2.19. The van der Waals surface area contributed by atoms with E-state index in [0.717, 1.165) is 27.2 Å². The van der Waals surface area contributed by atoms with Crippen molar-refractivity contribution in [2.75, 3.05) is 6.54 Å². The zero-order valence-electron chi connectivity index (χ0n) is 14.5. The molecule has 0 atom stereocenters. The highest BCUT2D eigenvalue weighted by molar-refractivity contribution is 7.07. The number of hydrogen-bond acceptors (Lipinski definition) is 3. The lowest BCUT2D eigenvalue weighted by atomic mass is 10.2. The maximum atomic E-state index is 4.71. The van der Waals surface area contributed by atoms with E-state index in [1.165, 1.54) is 5.56 Å². The van der Waals surface area contributed by atoms with Gasteiger partial charge in [-0.2, -0.15) is 5.10 Å². The number of nitrogens with zero attached hydrogens (tertiary/aromatic N) is 3. The van der Waals surface area contributed by atoms with Gasteiger partial charge in [0.2, 0.25) is 4.80 Å². The van der Waals surface area contributed by atoms with Gasteiger partial charge in [-0.1, -0.05) is 72.3 Å². The summed E-state index contributed by atoms with van der Waals surface area (Å²) in [4.78, 5) is 5.52. The Bertz CT molecular complexity index is 962. The van der Waals surface area contributed by atoms with Crippen LogP contribution in [0.1, 0.15) is 18.1 Å². The van der Waals surface area contributed by atoms with Gasteiger partial charge >= 0.3 is 0 Å². The SMILES string of the molecule is C=C(C)CN=c1scc(-c2ccccc2)n1N=Cc1cccc(C)c1. The Labute approximate surface area is 152 Å². The number of thiazole rings is 1. The van der Waals surface area contributed by atoms with Gasteiger partial charge in [-0.05, 0) is 19.4 Å². The van der Waals surface area contributed by atoms with E-state index >= 15 is 0 Å². The van der Waals surface area contributed by atoms with Gasteiger partial charge in [0.1, 0.15) is 0 Å². The fourth-order valence-electron chi connectivity index (χ4n) is 2.40. The molecule has 0 radical (unpaired) electrons. The largest absolute Gasteiger partial charge is 0.253 e. The molecule has 0 saturated heterocycles. The first-order valence-corrected chi connectivity index (χ1v) is 9.03. The normalized spacial score (nSPS) is 12.0. The van der Waals surface area contributed by atoms with Crippen LogP contribution in [0.4, 0.5) is 0 Å². The van der Waals surface area contributed by atoms with Crippen LogP contribution in [-0.2, 0) is 0 Å². The van der Waals surface area contributed by atoms with Crippen LogP contribution >= 0.6 is 11.3 Å². The first-order chi connectivity index (χ1) is 12.1. The number of aryl methyl sites for hydroxylation is 1. The Kier molecular flexibility index (Phi) is 5.41. The van der Waals surface area contributed by atoms with Crippen molar-refractivity contribution >= 4 is 17.6 Å². The van der Waals surface area contributed by atoms with Crippen LogP contribution in [0.3, 0.4) is 0 Å². The van der Waals surface area contributed by atoms with Crippen LogP contribution in [0.5, 0.6) is 0 Å². The van der Waals surface area contributed by atoms with E-state index in [2.05, 4.69) is 54.2 Å². The topological polar surface area (TPSA) is 29.6 Å². The smallest absolute Gasteiger partial charge is 0.206 e. The van der Waals surface area contributed by atoms with Crippen molar-refractivity contribution in [2.45, 2.75) is 13.8 Å². The van der Waals surface area contributed by atoms with Gasteiger partial charge in [0.15, 0.2) is 0 Å². The number of rotatable bonds is 5. The van der Waals surface area contributed by atoms with Crippen molar-refractivity contribution < 1.29 is 0 Å². The predicted molar refractivity (Wildman–Crippen MR) is 107 cm³/mol. The third-order valence-corrected chi connectivity index (χ3v) is 4.46. The molecule has 126 valence electrons. The molecule has 0 spiro atoms. The van der Waals surface area contributed by atoms with Gasteiger partial charge in [-0.25, -0.2) is 4.68 Å². The molecule has 0 aliphatic carbocycles. The minimum atomic E-state index is 0.606. The Morgan fingerprint density at radius 2 is 1.96 bits per heavy atom. The van der Waals surface area contributed by atoms with Crippen LogP contribution < -0.4 is 4.80 Å². The van der Waals surface area contributed by atoms with E-state index in [4.69, 9.17) is 5.10 Å². The van der Waals surface area contributed by atoms with E-state index in [-0.39, 0.29) is 0 Å². The molecule has 1 heterocycles. The van der Waals surface area contributed by atoms with Crippen LogP contribution in [0.2, 0.25) is 0 Å². The molecule has 3 aromatic rings. The average Bonchev–Trinajstić information content (AvgIpc) is 3.02. The molecule has 0 saturated carbocycles. The summed E-state index contributed by atoms with van der Waals surface area (Å²) in [5.74, 6) is 0. The zero-order valence-corrected chi connectivity index (χ0v) is 15.3. The molecule has 0 N–H and O–H groups in total. The molecule has 0 aliphatic heterocycles. The summed E-state index contributed by atoms with van der Waals surface area (Å²) in [6, 6.07) is 18.5. The fourth-order valence-corrected chi connectivity index (χ4v) is 3.24. The number of benzene rings is 2. The summed E-state index contributed by atoms with van der Waals surface area (Å²) in [5, 5.41) is 6.81. The molecular formula is C21H21N3S. The molecule has 1 aromatic heterocycles. The Morgan fingerprint density at radius 3 is 2.68 bits per heavy atom. The van der Waals surface area contributed by atoms with E-state index in [1.54, 1.807) is 11.3 Å². The summed E-state index contributed by atoms with van der Waals surface area (Å²) in [5.41, 5.74) is 5.48. The Morgan fingerprint density at radius 1 is 1.16 bits per heavy atom. The quantitative estimate of drug-likeness (QED) is 0.465. The van der Waals surface area contributed by atoms with Crippen LogP contribution in [-0.4, -0.2) is 17.4 Å². The second-order valence-corrected chi connectivity index (χ2v) is 6.85. The van der Waals surface area contributed by atoms with Gasteiger partial charge in [-0.3, -0.25) is 4.99 Å². The number of hydrogen-bond donors (Lipinski definition) is 0. The van der Waals surface area contributed by atoms with Crippen molar-refractivity contribution in [1.29, 1.82) is 0 Å². The van der Waals surface area contributed by atoms with Gasteiger partial charge in [0.05, 0.1) is 18.5 Å². The third-order valence-electron chi connectivity index (χ3n) is 3.60. The van der Waals surface area contributed by atoms with Gasteiger partial charge in [-0.15, -0.1) is 11.3 Å². The lowest BCUT2D eigenvalue weighted by Crippen LogP contribution is -2.13. The highest BCUT2D eigenvalue weighted by atomic mass is 32.1. The molecule has 4 heteroatoms. The summed E-state index contributed by atoms with van der Waals surface area (Å²) in [6.45, 7) is 8.60. The minimum absolute atomic E-state index is 0.606. The number of aromatic nitrogens is 1. The lowest BCUT2D eigenvalue weighted by Gasteiger charge is -2.03. The molecule has 3 rings (SSSR count). The molecule has 0 unspecified atom stereocenters. The molecule has 25 heavy (non-hydrogen) atoms. The monoisotopic (exact) mass is 347 g/mol. The van der Waals surface area contributed by atoms with Crippen molar-refractivity contribution in [3.63, 3.8) is 0 Å². The van der Waals surface area contributed by atoms with Crippen molar-refractivity contribution in [3.8, 4) is 11.3 Å². The van der Waals surface area contributed by atoms with Crippen LogP contribution in [0.15, 0.2) is 82.2 Å². The van der Waals surface area contributed by atoms with Gasteiger partial charge < -0.3 is 0 Å². The molecule has 3 nitrogen and oxygen atoms in total. The maximum absolute atomic E-state index is 4.71. The first kappa shape index (κ1) is 17.1. The fraction of sp³-hybridized carbons (Fsp3) is 0.143. The molecule has 2 aromatic carbocycles. The summed E-state index contributed by atoms with van der Waals surface area (Å²) < 4.78 is 1.91. The molecule has 0 aliphatic rings. The predicted octanol–water partition coefficient (Wildman–Crippen LogP) is 4.88. The second kappa shape index (κ2) is 7.90. The average molecular weight is 347 g/mol. The van der Waals surface area contributed by atoms with Crippen molar-refractivity contribution in [1.82, 2.24) is 4.68 Å². The summed E-state index contributed by atoms with van der Waals surface area (Å²) in [7, 11) is 0. The molecule has 0 bridgehead atoms. The van der Waals surface area contributed by atoms with Gasteiger partial charge in [0, 0.05) is 10.9 Å². The molecular weight excluding hydrogens is 326 g/mol. The molecule has 0 fully saturated rings. The second-order valence-electron chi connectivity index (χ2n) is 6.01. The maximum Gasteiger partial charge on any atom is 0.206 e. The van der Waals surface area contributed by atoms with E-state index in [1.807, 2.05) is 42.1 Å². The first-order valence-electron chi connectivity index (χ1n) is 8.15. The zero-order chi connectivity index (χ0) is 17.6. The molecule has 0 amide bonds. The van der Waals surface area contributed by atoms with Crippen molar-refractivity contribution in [3.05, 3.63) is 88.1 Å².